The minimum Gasteiger partial charge on any atom is -0.226 e. The van der Waals surface area contributed by atoms with Crippen molar-refractivity contribution < 1.29 is 0 Å². The fourth-order valence-corrected chi connectivity index (χ4v) is 9.14. The van der Waals surface area contributed by atoms with E-state index in [1.807, 2.05) is 97.1 Å². The molecule has 0 aliphatic rings. The topological polar surface area (TPSA) is 103 Å². The molecule has 13 aromatic rings. The molecule has 0 amide bonds. The van der Waals surface area contributed by atoms with E-state index in [4.69, 9.17) is 39.9 Å². The lowest BCUT2D eigenvalue weighted by molar-refractivity contribution is 1.07. The molecule has 0 unspecified atom stereocenters. The molecule has 0 spiro atoms. The van der Waals surface area contributed by atoms with Crippen molar-refractivity contribution in [2.45, 2.75) is 0 Å². The molecule has 306 valence electrons. The number of fused-ring (bicyclic) bond motifs is 9. The number of nitrogens with zero attached hydrogens (tertiary/aromatic N) is 8. The number of benzene rings is 9. The maximum Gasteiger partial charge on any atom is 0.199 e. The van der Waals surface area contributed by atoms with Crippen molar-refractivity contribution in [3.8, 4) is 68.5 Å². The van der Waals surface area contributed by atoms with Gasteiger partial charge < -0.3 is 0 Å². The maximum atomic E-state index is 5.36. The molecule has 0 aliphatic heterocycles. The zero-order valence-corrected chi connectivity index (χ0v) is 35.2. The molecule has 13 rings (SSSR count). The third kappa shape index (κ3) is 6.31. The summed E-state index contributed by atoms with van der Waals surface area (Å²) >= 11 is 0. The average Bonchev–Trinajstić information content (AvgIpc) is 3.40. The van der Waals surface area contributed by atoms with Crippen molar-refractivity contribution >= 4 is 65.0 Å². The highest BCUT2D eigenvalue weighted by Crippen LogP contribution is 2.38. The van der Waals surface area contributed by atoms with Gasteiger partial charge in [-0.3, -0.25) is 0 Å². The lowest BCUT2D eigenvalue weighted by atomic mass is 10.0. The van der Waals surface area contributed by atoms with Crippen LogP contribution >= 0.6 is 0 Å². The summed E-state index contributed by atoms with van der Waals surface area (Å²) in [5.74, 6) is 1.49. The summed E-state index contributed by atoms with van der Waals surface area (Å²) in [6.45, 7) is 0. The zero-order chi connectivity index (χ0) is 43.6. The normalized spacial score (nSPS) is 11.6. The van der Waals surface area contributed by atoms with Crippen LogP contribution in [-0.4, -0.2) is 39.9 Å². The highest BCUT2D eigenvalue weighted by atomic mass is 15.0. The van der Waals surface area contributed by atoms with Crippen molar-refractivity contribution in [1.82, 2.24) is 39.9 Å². The Labute approximate surface area is 378 Å². The van der Waals surface area contributed by atoms with E-state index in [-0.39, 0.29) is 0 Å². The number of aromatic nitrogens is 8. The van der Waals surface area contributed by atoms with Gasteiger partial charge in [-0.25, -0.2) is 39.9 Å². The van der Waals surface area contributed by atoms with E-state index in [1.54, 1.807) is 0 Å². The Hall–Kier alpha value is -9.14. The molecule has 0 atom stereocenters. The molecular formula is C58H34N8. The number of rotatable bonds is 6. The summed E-state index contributed by atoms with van der Waals surface area (Å²) in [5, 5.41) is 9.05. The average molecular weight is 843 g/mol. The first-order chi connectivity index (χ1) is 32.7. The van der Waals surface area contributed by atoms with Gasteiger partial charge >= 0.3 is 0 Å². The van der Waals surface area contributed by atoms with E-state index >= 15 is 0 Å². The summed E-state index contributed by atoms with van der Waals surface area (Å²) in [4.78, 5) is 42.7. The molecule has 0 N–H and O–H groups in total. The third-order valence-electron chi connectivity index (χ3n) is 12.3. The lowest BCUT2D eigenvalue weighted by Gasteiger charge is -2.14. The predicted octanol–water partition coefficient (Wildman–Crippen LogP) is 13.8. The lowest BCUT2D eigenvalue weighted by Crippen LogP contribution is -2.05. The van der Waals surface area contributed by atoms with E-state index in [2.05, 4.69) is 109 Å². The van der Waals surface area contributed by atoms with Crippen LogP contribution in [0.25, 0.3) is 133 Å². The fourth-order valence-electron chi connectivity index (χ4n) is 9.14. The van der Waals surface area contributed by atoms with Crippen LogP contribution in [0.2, 0.25) is 0 Å². The first-order valence-electron chi connectivity index (χ1n) is 21.9. The Bertz CT molecular complexity index is 3620. The van der Waals surface area contributed by atoms with Crippen LogP contribution in [0, 0.1) is 0 Å². The minimum atomic E-state index is 0.292. The Morgan fingerprint density at radius 2 is 0.515 bits per heavy atom. The summed E-state index contributed by atoms with van der Waals surface area (Å²) < 4.78 is 0. The Balaban J connectivity index is 1.14. The van der Waals surface area contributed by atoms with Gasteiger partial charge in [0.05, 0.1) is 33.6 Å². The molecular weight excluding hydrogens is 809 g/mol. The second-order valence-electron chi connectivity index (χ2n) is 16.3. The van der Waals surface area contributed by atoms with Gasteiger partial charge in [0.1, 0.15) is 11.4 Å². The Morgan fingerprint density at radius 3 is 0.894 bits per heavy atom. The first kappa shape index (κ1) is 37.4. The molecule has 0 radical (unpaired) electrons. The van der Waals surface area contributed by atoms with Crippen LogP contribution in [0.4, 0.5) is 0 Å². The summed E-state index contributed by atoms with van der Waals surface area (Å²) in [6, 6.07) is 70.1. The van der Waals surface area contributed by atoms with Crippen LogP contribution in [0.3, 0.4) is 0 Å². The van der Waals surface area contributed by atoms with Crippen molar-refractivity contribution in [3.63, 3.8) is 0 Å². The van der Waals surface area contributed by atoms with E-state index in [9.17, 15) is 0 Å². The zero-order valence-electron chi connectivity index (χ0n) is 35.2. The molecule has 9 aromatic carbocycles. The molecule has 0 saturated carbocycles. The van der Waals surface area contributed by atoms with Gasteiger partial charge in [-0.05, 0) is 40.4 Å². The third-order valence-corrected chi connectivity index (χ3v) is 12.3. The summed E-state index contributed by atoms with van der Waals surface area (Å²) in [5.41, 5.74) is 8.63. The Morgan fingerprint density at radius 1 is 0.212 bits per heavy atom. The van der Waals surface area contributed by atoms with Gasteiger partial charge in [0.25, 0.3) is 0 Å². The standard InChI is InChI=1S/C58H34N8/c1-4-19-38(20-5-1)49-44-31-28-35-16-10-13-25-41(35)52(44)64-55(61-49)47-34-48(56-62-50(39-21-6-2-7-22-39)45-32-29-36-17-11-14-26-42(36)53(45)65-56)60-57(59-47)58-63-51(40-23-8-3-9-24-40)46-33-30-37-18-12-15-27-43(37)54(46)66-58/h1-34H. The van der Waals surface area contributed by atoms with Gasteiger partial charge in [-0.1, -0.05) is 182 Å². The van der Waals surface area contributed by atoms with Crippen LogP contribution in [0.5, 0.6) is 0 Å². The van der Waals surface area contributed by atoms with Crippen molar-refractivity contribution in [1.29, 1.82) is 0 Å². The molecule has 4 aromatic heterocycles. The van der Waals surface area contributed by atoms with Crippen LogP contribution in [0.15, 0.2) is 206 Å². The maximum absolute atomic E-state index is 5.36. The largest absolute Gasteiger partial charge is 0.226 e. The van der Waals surface area contributed by atoms with Gasteiger partial charge in [-0.2, -0.15) is 0 Å². The van der Waals surface area contributed by atoms with Gasteiger partial charge in [0.2, 0.25) is 0 Å². The molecule has 0 fully saturated rings. The predicted molar refractivity (Wildman–Crippen MR) is 266 cm³/mol. The smallest absolute Gasteiger partial charge is 0.199 e. The van der Waals surface area contributed by atoms with E-state index in [1.165, 1.54) is 0 Å². The van der Waals surface area contributed by atoms with Gasteiger partial charge in [0, 0.05) is 49.0 Å². The first-order valence-corrected chi connectivity index (χ1v) is 21.9. The highest BCUT2D eigenvalue weighted by molar-refractivity contribution is 6.12. The minimum absolute atomic E-state index is 0.292. The van der Waals surface area contributed by atoms with Crippen LogP contribution < -0.4 is 0 Å². The molecule has 4 heterocycles. The van der Waals surface area contributed by atoms with Crippen molar-refractivity contribution in [2.75, 3.05) is 0 Å². The molecule has 66 heavy (non-hydrogen) atoms. The van der Waals surface area contributed by atoms with Crippen LogP contribution in [-0.2, 0) is 0 Å². The van der Waals surface area contributed by atoms with E-state index in [0.717, 1.165) is 98.8 Å². The van der Waals surface area contributed by atoms with Gasteiger partial charge in [-0.15, -0.1) is 0 Å². The summed E-state index contributed by atoms with van der Waals surface area (Å²) in [6.07, 6.45) is 0. The van der Waals surface area contributed by atoms with Crippen LogP contribution in [0.1, 0.15) is 0 Å². The van der Waals surface area contributed by atoms with Crippen molar-refractivity contribution in [3.05, 3.63) is 206 Å². The van der Waals surface area contributed by atoms with Crippen molar-refractivity contribution in [2.24, 2.45) is 0 Å². The SMILES string of the molecule is c1ccc(-c2nc(-c3cc(-c4nc(-c5ccccc5)c5ccc6ccccc6c5n4)nc(-c4nc(-c5ccccc5)c5ccc6ccccc6c5n4)n3)nc3c2ccc2ccccc23)cc1. The summed E-state index contributed by atoms with van der Waals surface area (Å²) in [7, 11) is 0. The second kappa shape index (κ2) is 15.3. The van der Waals surface area contributed by atoms with E-state index < -0.39 is 0 Å². The fraction of sp³-hybridized carbons (Fsp3) is 0. The second-order valence-corrected chi connectivity index (χ2v) is 16.3. The van der Waals surface area contributed by atoms with Gasteiger partial charge in [0.15, 0.2) is 23.3 Å². The Kier molecular flexibility index (Phi) is 8.67. The molecule has 8 nitrogen and oxygen atoms in total. The number of hydrogen-bond donors (Lipinski definition) is 0. The molecule has 0 bridgehead atoms. The molecule has 8 heteroatoms. The number of hydrogen-bond acceptors (Lipinski definition) is 8. The quantitative estimate of drug-likeness (QED) is 0.152. The molecule has 0 saturated heterocycles. The van der Waals surface area contributed by atoms with E-state index in [0.29, 0.717) is 34.7 Å². The molecule has 0 aliphatic carbocycles. The monoisotopic (exact) mass is 842 g/mol. The highest BCUT2D eigenvalue weighted by Gasteiger charge is 2.23.